The van der Waals surface area contributed by atoms with E-state index in [2.05, 4.69) is 5.32 Å². The molecule has 2 aromatic rings. The van der Waals surface area contributed by atoms with Gasteiger partial charge in [0.2, 0.25) is 10.0 Å². The molecule has 0 unspecified atom stereocenters. The molecule has 7 nitrogen and oxygen atoms in total. The van der Waals surface area contributed by atoms with Crippen molar-refractivity contribution in [2.75, 3.05) is 31.6 Å². The van der Waals surface area contributed by atoms with Crippen molar-refractivity contribution in [2.45, 2.75) is 24.7 Å². The average molecular weight is 451 g/mol. The van der Waals surface area contributed by atoms with Gasteiger partial charge < -0.3 is 14.8 Å². The van der Waals surface area contributed by atoms with Crippen LogP contribution in [0.15, 0.2) is 41.3 Å². The lowest BCUT2D eigenvalue weighted by Crippen LogP contribution is -2.39. The lowest BCUT2D eigenvalue weighted by molar-refractivity contribution is 0.102. The molecule has 1 saturated heterocycles. The smallest absolute Gasteiger partial charge is 0.255 e. The van der Waals surface area contributed by atoms with Crippen LogP contribution in [0.1, 0.15) is 30.1 Å². The SMILES string of the molecule is C[C@@H]1CCCN(S(=O)(=O)c2cc(C(=O)Nc3ccc4c(c3)OCCO4)ccc2Cl)C1. The number of sulfonamides is 1. The number of fused-ring (bicyclic) bond motifs is 1. The highest BCUT2D eigenvalue weighted by atomic mass is 35.5. The number of piperidine rings is 1. The van der Waals surface area contributed by atoms with Crippen LogP contribution < -0.4 is 14.8 Å². The molecule has 0 bridgehead atoms. The second-order valence-electron chi connectivity index (χ2n) is 7.57. The summed E-state index contributed by atoms with van der Waals surface area (Å²) in [5, 5.41) is 2.87. The Hall–Kier alpha value is -2.29. The number of carbonyl (C=O) groups is 1. The number of ether oxygens (including phenoxy) is 2. The Morgan fingerprint density at radius 3 is 2.67 bits per heavy atom. The summed E-state index contributed by atoms with van der Waals surface area (Å²) in [5.74, 6) is 1.02. The number of benzene rings is 2. The van der Waals surface area contributed by atoms with Crippen molar-refractivity contribution in [1.29, 1.82) is 0 Å². The van der Waals surface area contributed by atoms with Crippen LogP contribution in [0, 0.1) is 5.92 Å². The Morgan fingerprint density at radius 1 is 1.13 bits per heavy atom. The number of halogens is 1. The summed E-state index contributed by atoms with van der Waals surface area (Å²) in [6, 6.07) is 9.39. The van der Waals surface area contributed by atoms with E-state index in [0.29, 0.717) is 43.5 Å². The van der Waals surface area contributed by atoms with Gasteiger partial charge in [0.05, 0.1) is 5.02 Å². The predicted octanol–water partition coefficient (Wildman–Crippen LogP) is 3.78. The van der Waals surface area contributed by atoms with Crippen LogP contribution >= 0.6 is 11.6 Å². The van der Waals surface area contributed by atoms with E-state index in [1.165, 1.54) is 22.5 Å². The first kappa shape index (κ1) is 21.0. The summed E-state index contributed by atoms with van der Waals surface area (Å²) >= 11 is 6.21. The molecule has 4 rings (SSSR count). The fraction of sp³-hybridized carbons (Fsp3) is 0.381. The topological polar surface area (TPSA) is 84.9 Å². The van der Waals surface area contributed by atoms with E-state index >= 15 is 0 Å². The van der Waals surface area contributed by atoms with Crippen LogP contribution in [0.5, 0.6) is 11.5 Å². The van der Waals surface area contributed by atoms with Gasteiger partial charge in [-0.25, -0.2) is 8.42 Å². The van der Waals surface area contributed by atoms with Crippen molar-refractivity contribution >= 4 is 33.2 Å². The molecule has 1 amide bonds. The molecule has 30 heavy (non-hydrogen) atoms. The fourth-order valence-corrected chi connectivity index (χ4v) is 5.77. The fourth-order valence-electron chi connectivity index (χ4n) is 3.67. The van der Waals surface area contributed by atoms with Crippen molar-refractivity contribution < 1.29 is 22.7 Å². The molecule has 0 aliphatic carbocycles. The second kappa shape index (κ2) is 8.45. The zero-order valence-corrected chi connectivity index (χ0v) is 18.1. The summed E-state index contributed by atoms with van der Waals surface area (Å²) in [5.41, 5.74) is 0.728. The summed E-state index contributed by atoms with van der Waals surface area (Å²) < 4.78 is 38.7. The van der Waals surface area contributed by atoms with Gasteiger partial charge in [0, 0.05) is 30.4 Å². The molecule has 0 saturated carbocycles. The van der Waals surface area contributed by atoms with Crippen LogP contribution in [0.2, 0.25) is 5.02 Å². The first-order valence-corrected chi connectivity index (χ1v) is 11.7. The zero-order chi connectivity index (χ0) is 21.3. The van der Waals surface area contributed by atoms with Gasteiger partial charge in [0.15, 0.2) is 11.5 Å². The molecule has 160 valence electrons. The molecule has 0 spiro atoms. The number of nitrogens with zero attached hydrogens (tertiary/aromatic N) is 1. The average Bonchev–Trinajstić information content (AvgIpc) is 2.74. The molecule has 1 fully saturated rings. The van der Waals surface area contributed by atoms with Crippen LogP contribution in [0.3, 0.4) is 0 Å². The van der Waals surface area contributed by atoms with Gasteiger partial charge in [-0.2, -0.15) is 4.31 Å². The number of hydrogen-bond acceptors (Lipinski definition) is 5. The highest BCUT2D eigenvalue weighted by Gasteiger charge is 2.31. The lowest BCUT2D eigenvalue weighted by atomic mass is 10.0. The number of anilines is 1. The van der Waals surface area contributed by atoms with E-state index in [-0.39, 0.29) is 21.4 Å². The minimum atomic E-state index is -3.78. The maximum Gasteiger partial charge on any atom is 0.255 e. The third-order valence-corrected chi connectivity index (χ3v) is 7.58. The molecule has 0 aromatic heterocycles. The van der Waals surface area contributed by atoms with Crippen molar-refractivity contribution in [2.24, 2.45) is 5.92 Å². The standard InChI is InChI=1S/C21H23ClN2O5S/c1-14-3-2-8-24(13-14)30(26,27)20-11-15(4-6-17(20)22)21(25)23-16-5-7-18-19(12-16)29-10-9-28-18/h4-7,11-12,14H,2-3,8-10,13H2,1H3,(H,23,25)/t14-/m1/s1. The molecular formula is C21H23ClN2O5S. The Labute approximate surface area is 181 Å². The molecule has 2 aromatic carbocycles. The van der Waals surface area contributed by atoms with E-state index in [1.807, 2.05) is 6.92 Å². The lowest BCUT2D eigenvalue weighted by Gasteiger charge is -2.30. The molecule has 2 heterocycles. The first-order chi connectivity index (χ1) is 14.3. The van der Waals surface area contributed by atoms with Crippen molar-refractivity contribution in [3.8, 4) is 11.5 Å². The summed E-state index contributed by atoms with van der Waals surface area (Å²) in [6.07, 6.45) is 1.81. The van der Waals surface area contributed by atoms with Crippen LogP contribution in [-0.4, -0.2) is 44.9 Å². The molecule has 9 heteroatoms. The van der Waals surface area contributed by atoms with Crippen LogP contribution in [-0.2, 0) is 10.0 Å². The number of nitrogens with one attached hydrogen (secondary N) is 1. The van der Waals surface area contributed by atoms with E-state index in [0.717, 1.165) is 12.8 Å². The molecule has 0 radical (unpaired) electrons. The van der Waals surface area contributed by atoms with E-state index in [9.17, 15) is 13.2 Å². The number of carbonyl (C=O) groups excluding carboxylic acids is 1. The van der Waals surface area contributed by atoms with Gasteiger partial charge in [-0.3, -0.25) is 4.79 Å². The van der Waals surface area contributed by atoms with Crippen LogP contribution in [0.4, 0.5) is 5.69 Å². The van der Waals surface area contributed by atoms with E-state index in [4.69, 9.17) is 21.1 Å². The van der Waals surface area contributed by atoms with E-state index in [1.54, 1.807) is 18.2 Å². The second-order valence-corrected chi connectivity index (χ2v) is 9.88. The molecule has 1 N–H and O–H groups in total. The van der Waals surface area contributed by atoms with Crippen LogP contribution in [0.25, 0.3) is 0 Å². The summed E-state index contributed by atoms with van der Waals surface area (Å²) in [7, 11) is -3.78. The third kappa shape index (κ3) is 4.26. The Kier molecular flexibility index (Phi) is 5.90. The number of amides is 1. The van der Waals surface area contributed by atoms with Gasteiger partial charge in [0.25, 0.3) is 5.91 Å². The zero-order valence-electron chi connectivity index (χ0n) is 16.6. The third-order valence-electron chi connectivity index (χ3n) is 5.23. The van der Waals surface area contributed by atoms with Crippen molar-refractivity contribution in [1.82, 2.24) is 4.31 Å². The minimum absolute atomic E-state index is 0.0481. The maximum absolute atomic E-state index is 13.1. The van der Waals surface area contributed by atoms with Gasteiger partial charge in [-0.15, -0.1) is 0 Å². The molecule has 2 aliphatic heterocycles. The van der Waals surface area contributed by atoms with Crippen molar-refractivity contribution in [3.05, 3.63) is 47.0 Å². The Morgan fingerprint density at radius 2 is 1.90 bits per heavy atom. The Bertz CT molecular complexity index is 1070. The molecule has 2 aliphatic rings. The predicted molar refractivity (Wildman–Crippen MR) is 114 cm³/mol. The quantitative estimate of drug-likeness (QED) is 0.766. The van der Waals surface area contributed by atoms with Gasteiger partial charge in [-0.1, -0.05) is 18.5 Å². The summed E-state index contributed by atoms with van der Waals surface area (Å²) in [4.78, 5) is 12.7. The first-order valence-electron chi connectivity index (χ1n) is 9.85. The van der Waals surface area contributed by atoms with Crippen molar-refractivity contribution in [3.63, 3.8) is 0 Å². The molecular weight excluding hydrogens is 428 g/mol. The minimum Gasteiger partial charge on any atom is -0.486 e. The maximum atomic E-state index is 13.1. The van der Waals surface area contributed by atoms with Gasteiger partial charge in [-0.05, 0) is 49.1 Å². The number of hydrogen-bond donors (Lipinski definition) is 1. The summed E-state index contributed by atoms with van der Waals surface area (Å²) in [6.45, 7) is 3.86. The largest absolute Gasteiger partial charge is 0.486 e. The monoisotopic (exact) mass is 450 g/mol. The van der Waals surface area contributed by atoms with Gasteiger partial charge >= 0.3 is 0 Å². The molecule has 1 atom stereocenters. The normalized spacial score (nSPS) is 19.3. The Balaban J connectivity index is 1.57. The number of rotatable bonds is 4. The highest BCUT2D eigenvalue weighted by molar-refractivity contribution is 7.89. The highest BCUT2D eigenvalue weighted by Crippen LogP contribution is 2.33. The van der Waals surface area contributed by atoms with E-state index < -0.39 is 15.9 Å². The van der Waals surface area contributed by atoms with Gasteiger partial charge in [0.1, 0.15) is 18.1 Å².